The third-order valence-electron chi connectivity index (χ3n) is 3.84. The van der Waals surface area contributed by atoms with Gasteiger partial charge in [-0.25, -0.2) is 14.2 Å². The van der Waals surface area contributed by atoms with Gasteiger partial charge < -0.3 is 9.84 Å². The summed E-state index contributed by atoms with van der Waals surface area (Å²) in [5, 5.41) is 18.5. The number of carbonyl (C=O) groups is 1. The maximum Gasteiger partial charge on any atom is 0.336 e. The number of aromatic nitrogens is 1. The highest BCUT2D eigenvalue weighted by atomic mass is 19.1. The fourth-order valence-corrected chi connectivity index (χ4v) is 2.55. The maximum atomic E-state index is 13.5. The van der Waals surface area contributed by atoms with Crippen LogP contribution in [-0.2, 0) is 0 Å². The van der Waals surface area contributed by atoms with Crippen LogP contribution < -0.4 is 4.74 Å². The standard InChI is InChI=1S/C21H15FN2O3/c1-13(12-23)27-17-7-3-14(4-8-17)2-6-16-11-19(21(25)26)18-9-5-15(22)10-20(18)24-16/h2-11,13H,1H3,(H,25,26)/b6-2+. The van der Waals surface area contributed by atoms with Gasteiger partial charge in [0.1, 0.15) is 17.6 Å². The number of ether oxygens (including phenoxy) is 1. The second-order valence-electron chi connectivity index (χ2n) is 5.85. The molecule has 1 aromatic heterocycles. The van der Waals surface area contributed by atoms with E-state index in [1.807, 2.05) is 6.07 Å². The van der Waals surface area contributed by atoms with Gasteiger partial charge in [0.15, 0.2) is 6.10 Å². The van der Waals surface area contributed by atoms with Gasteiger partial charge in [-0.1, -0.05) is 18.2 Å². The molecule has 0 aliphatic heterocycles. The molecule has 0 spiro atoms. The molecule has 27 heavy (non-hydrogen) atoms. The molecule has 1 atom stereocenters. The molecule has 3 aromatic rings. The van der Waals surface area contributed by atoms with Crippen LogP contribution in [0.15, 0.2) is 48.5 Å². The predicted octanol–water partition coefficient (Wildman–Crippen LogP) is 4.53. The first-order chi connectivity index (χ1) is 13.0. The Morgan fingerprint density at radius 3 is 2.63 bits per heavy atom. The molecular weight excluding hydrogens is 347 g/mol. The molecule has 1 unspecified atom stereocenters. The van der Waals surface area contributed by atoms with Crippen LogP contribution in [0.2, 0.25) is 0 Å². The number of fused-ring (bicyclic) bond motifs is 1. The topological polar surface area (TPSA) is 83.2 Å². The zero-order valence-electron chi connectivity index (χ0n) is 14.4. The van der Waals surface area contributed by atoms with Gasteiger partial charge in [-0.2, -0.15) is 5.26 Å². The number of carboxylic acid groups (broad SMARTS) is 1. The van der Waals surface area contributed by atoms with Gasteiger partial charge >= 0.3 is 5.97 Å². The Bertz CT molecular complexity index is 1070. The average Bonchev–Trinajstić information content (AvgIpc) is 2.66. The summed E-state index contributed by atoms with van der Waals surface area (Å²) in [6.07, 6.45) is 2.88. The summed E-state index contributed by atoms with van der Waals surface area (Å²) in [6.45, 7) is 1.65. The van der Waals surface area contributed by atoms with Gasteiger partial charge in [-0.05, 0) is 48.9 Å². The molecule has 0 aliphatic rings. The third-order valence-corrected chi connectivity index (χ3v) is 3.84. The van der Waals surface area contributed by atoms with Crippen molar-refractivity contribution in [1.29, 1.82) is 5.26 Å². The first-order valence-corrected chi connectivity index (χ1v) is 8.14. The van der Waals surface area contributed by atoms with Crippen molar-refractivity contribution in [3.05, 3.63) is 71.2 Å². The first kappa shape index (κ1) is 18.1. The van der Waals surface area contributed by atoms with E-state index in [9.17, 15) is 14.3 Å². The minimum absolute atomic E-state index is 0.0638. The van der Waals surface area contributed by atoms with Gasteiger partial charge in [-0.3, -0.25) is 0 Å². The van der Waals surface area contributed by atoms with E-state index < -0.39 is 17.9 Å². The number of hydrogen-bond donors (Lipinski definition) is 1. The summed E-state index contributed by atoms with van der Waals surface area (Å²) in [4.78, 5) is 15.8. The van der Waals surface area contributed by atoms with Crippen LogP contribution in [0.3, 0.4) is 0 Å². The number of nitriles is 1. The van der Waals surface area contributed by atoms with Crippen molar-refractivity contribution >= 4 is 29.0 Å². The fourth-order valence-electron chi connectivity index (χ4n) is 2.55. The molecule has 0 saturated heterocycles. The molecule has 6 heteroatoms. The molecule has 0 fully saturated rings. The zero-order valence-corrected chi connectivity index (χ0v) is 14.4. The molecule has 0 radical (unpaired) electrons. The van der Waals surface area contributed by atoms with Crippen LogP contribution in [0.1, 0.15) is 28.5 Å². The SMILES string of the molecule is CC(C#N)Oc1ccc(/C=C/c2cc(C(=O)O)c3ccc(F)cc3n2)cc1. The average molecular weight is 362 g/mol. The van der Waals surface area contributed by atoms with Crippen LogP contribution >= 0.6 is 0 Å². The molecule has 0 saturated carbocycles. The van der Waals surface area contributed by atoms with Crippen molar-refractivity contribution in [2.45, 2.75) is 13.0 Å². The molecule has 134 valence electrons. The van der Waals surface area contributed by atoms with Crippen molar-refractivity contribution in [3.63, 3.8) is 0 Å². The van der Waals surface area contributed by atoms with Crippen molar-refractivity contribution in [2.24, 2.45) is 0 Å². The smallest absolute Gasteiger partial charge is 0.336 e. The number of pyridine rings is 1. The zero-order chi connectivity index (χ0) is 19.4. The molecule has 0 aliphatic carbocycles. The van der Waals surface area contributed by atoms with Crippen LogP contribution in [0.4, 0.5) is 4.39 Å². The number of aromatic carboxylic acids is 1. The summed E-state index contributed by atoms with van der Waals surface area (Å²) in [6, 6.07) is 14.3. The normalized spacial score (nSPS) is 12.0. The lowest BCUT2D eigenvalue weighted by Crippen LogP contribution is -2.07. The van der Waals surface area contributed by atoms with Crippen LogP contribution in [-0.4, -0.2) is 22.2 Å². The number of benzene rings is 2. The van der Waals surface area contributed by atoms with E-state index in [-0.39, 0.29) is 11.1 Å². The van der Waals surface area contributed by atoms with Crippen molar-refractivity contribution in [1.82, 2.24) is 4.98 Å². The Hall–Kier alpha value is -3.72. The lowest BCUT2D eigenvalue weighted by atomic mass is 10.1. The minimum atomic E-state index is -1.10. The quantitative estimate of drug-likeness (QED) is 0.721. The molecule has 1 heterocycles. The number of nitrogens with zero attached hydrogens (tertiary/aromatic N) is 2. The van der Waals surface area contributed by atoms with Crippen molar-refractivity contribution in [2.75, 3.05) is 0 Å². The Balaban J connectivity index is 1.89. The fraction of sp³-hybridized carbons (Fsp3) is 0.0952. The second-order valence-corrected chi connectivity index (χ2v) is 5.85. The molecule has 2 aromatic carbocycles. The Morgan fingerprint density at radius 2 is 1.96 bits per heavy atom. The monoisotopic (exact) mass is 362 g/mol. The Kier molecular flexibility index (Phi) is 5.13. The van der Waals surface area contributed by atoms with E-state index in [0.29, 0.717) is 16.8 Å². The van der Waals surface area contributed by atoms with Crippen LogP contribution in [0, 0.1) is 17.1 Å². The summed E-state index contributed by atoms with van der Waals surface area (Å²) in [5.41, 5.74) is 1.59. The van der Waals surface area contributed by atoms with E-state index in [4.69, 9.17) is 10.00 Å². The largest absolute Gasteiger partial charge is 0.478 e. The molecule has 0 amide bonds. The second kappa shape index (κ2) is 7.67. The lowest BCUT2D eigenvalue weighted by Gasteiger charge is -2.07. The summed E-state index contributed by atoms with van der Waals surface area (Å²) < 4.78 is 18.9. The molecule has 5 nitrogen and oxygen atoms in total. The van der Waals surface area contributed by atoms with E-state index in [1.165, 1.54) is 24.3 Å². The third kappa shape index (κ3) is 4.28. The first-order valence-electron chi connectivity index (χ1n) is 8.14. The summed E-state index contributed by atoms with van der Waals surface area (Å²) >= 11 is 0. The number of rotatable bonds is 5. The highest BCUT2D eigenvalue weighted by Crippen LogP contribution is 2.21. The lowest BCUT2D eigenvalue weighted by molar-refractivity contribution is 0.0699. The Morgan fingerprint density at radius 1 is 1.22 bits per heavy atom. The number of hydrogen-bond acceptors (Lipinski definition) is 4. The molecule has 0 bridgehead atoms. The van der Waals surface area contributed by atoms with Crippen molar-refractivity contribution < 1.29 is 19.0 Å². The van der Waals surface area contributed by atoms with E-state index in [2.05, 4.69) is 4.98 Å². The summed E-state index contributed by atoms with van der Waals surface area (Å²) in [7, 11) is 0. The van der Waals surface area contributed by atoms with Crippen molar-refractivity contribution in [3.8, 4) is 11.8 Å². The summed E-state index contributed by atoms with van der Waals surface area (Å²) in [5.74, 6) is -1.000. The number of halogens is 1. The van der Waals surface area contributed by atoms with Crippen LogP contribution in [0.25, 0.3) is 23.1 Å². The Labute approximate surface area is 155 Å². The molecular formula is C21H15FN2O3. The van der Waals surface area contributed by atoms with Gasteiger partial charge in [0.25, 0.3) is 0 Å². The predicted molar refractivity (Wildman–Crippen MR) is 99.7 cm³/mol. The van der Waals surface area contributed by atoms with Gasteiger partial charge in [0.05, 0.1) is 16.8 Å². The molecule has 1 N–H and O–H groups in total. The van der Waals surface area contributed by atoms with E-state index in [0.717, 1.165) is 5.56 Å². The minimum Gasteiger partial charge on any atom is -0.478 e. The van der Waals surface area contributed by atoms with Gasteiger partial charge in [-0.15, -0.1) is 0 Å². The van der Waals surface area contributed by atoms with Gasteiger partial charge in [0.2, 0.25) is 0 Å². The number of carboxylic acids is 1. The highest BCUT2D eigenvalue weighted by Gasteiger charge is 2.11. The van der Waals surface area contributed by atoms with Gasteiger partial charge in [0, 0.05) is 11.5 Å². The molecule has 3 rings (SSSR count). The van der Waals surface area contributed by atoms with Crippen LogP contribution in [0.5, 0.6) is 5.75 Å². The van der Waals surface area contributed by atoms with E-state index in [1.54, 1.807) is 43.3 Å². The highest BCUT2D eigenvalue weighted by molar-refractivity contribution is 6.03. The van der Waals surface area contributed by atoms with E-state index >= 15 is 0 Å². The maximum absolute atomic E-state index is 13.5.